The van der Waals surface area contributed by atoms with E-state index in [1.54, 1.807) is 19.0 Å². The van der Waals surface area contributed by atoms with Crippen LogP contribution in [0.1, 0.15) is 61.4 Å². The lowest BCUT2D eigenvalue weighted by atomic mass is 9.48. The highest BCUT2D eigenvalue weighted by molar-refractivity contribution is 5.93. The summed E-state index contributed by atoms with van der Waals surface area (Å²) in [6.45, 7) is 2.66. The van der Waals surface area contributed by atoms with E-state index < -0.39 is 0 Å². The van der Waals surface area contributed by atoms with Crippen LogP contribution in [0.25, 0.3) is 0 Å². The Bertz CT molecular complexity index is 756. The van der Waals surface area contributed by atoms with Gasteiger partial charge in [0.1, 0.15) is 0 Å². The molecule has 0 aliphatic heterocycles. The fourth-order valence-corrected chi connectivity index (χ4v) is 6.21. The molecule has 4 fully saturated rings. The molecule has 4 heteroatoms. The zero-order valence-electron chi connectivity index (χ0n) is 17.3. The molecule has 0 spiro atoms. The van der Waals surface area contributed by atoms with Gasteiger partial charge in [0, 0.05) is 32.3 Å². The van der Waals surface area contributed by atoms with Crippen LogP contribution in [0, 0.1) is 23.2 Å². The molecule has 4 nitrogen and oxygen atoms in total. The molecule has 1 N–H and O–H groups in total. The predicted octanol–water partition coefficient (Wildman–Crippen LogP) is 4.17. The minimum Gasteiger partial charge on any atom is -0.348 e. The summed E-state index contributed by atoms with van der Waals surface area (Å²) in [6.07, 6.45) is 9.99. The largest absolute Gasteiger partial charge is 0.348 e. The zero-order valence-corrected chi connectivity index (χ0v) is 17.3. The lowest BCUT2D eigenvalue weighted by molar-refractivity contribution is -0.116. The third-order valence-electron chi connectivity index (χ3n) is 7.30. The summed E-state index contributed by atoms with van der Waals surface area (Å²) in [5.41, 5.74) is 3.25. The van der Waals surface area contributed by atoms with Gasteiger partial charge in [-0.15, -0.1) is 0 Å². The maximum absolute atomic E-state index is 12.5. The number of hydrogen-bond donors (Lipinski definition) is 1. The molecule has 2 amide bonds. The smallest absolute Gasteiger partial charge is 0.253 e. The summed E-state index contributed by atoms with van der Waals surface area (Å²) < 4.78 is 0. The van der Waals surface area contributed by atoms with Crippen LogP contribution in [0.15, 0.2) is 35.9 Å². The van der Waals surface area contributed by atoms with E-state index in [1.807, 2.05) is 30.3 Å². The van der Waals surface area contributed by atoms with E-state index >= 15 is 0 Å². The number of nitrogens with one attached hydrogen (secondary N) is 1. The third-order valence-corrected chi connectivity index (χ3v) is 7.30. The zero-order chi connectivity index (χ0) is 19.9. The van der Waals surface area contributed by atoms with Crippen LogP contribution in [0.5, 0.6) is 0 Å². The summed E-state index contributed by atoms with van der Waals surface area (Å²) in [5.74, 6) is 2.66. The molecule has 4 aliphatic rings. The first kappa shape index (κ1) is 19.2. The number of carbonyl (C=O) groups is 2. The van der Waals surface area contributed by atoms with Gasteiger partial charge in [-0.05, 0) is 86.3 Å². The summed E-state index contributed by atoms with van der Waals surface area (Å²) in [5, 5.41) is 3.02. The second kappa shape index (κ2) is 7.38. The molecule has 0 aromatic heterocycles. The van der Waals surface area contributed by atoms with Gasteiger partial charge in [0.15, 0.2) is 0 Å². The molecule has 1 aromatic carbocycles. The first-order valence-electron chi connectivity index (χ1n) is 10.6. The van der Waals surface area contributed by atoms with Crippen molar-refractivity contribution >= 4 is 11.8 Å². The molecule has 0 saturated heterocycles. The molecule has 0 heterocycles. The summed E-state index contributed by atoms with van der Waals surface area (Å²) >= 11 is 0. The van der Waals surface area contributed by atoms with Crippen LogP contribution in [0.2, 0.25) is 0 Å². The Labute approximate surface area is 168 Å². The Morgan fingerprint density at radius 3 is 2.07 bits per heavy atom. The van der Waals surface area contributed by atoms with E-state index in [2.05, 4.69) is 12.2 Å². The van der Waals surface area contributed by atoms with Crippen molar-refractivity contribution in [1.29, 1.82) is 0 Å². The third kappa shape index (κ3) is 3.74. The van der Waals surface area contributed by atoms with Crippen LogP contribution in [0.3, 0.4) is 0 Å². The number of amides is 2. The van der Waals surface area contributed by atoms with Crippen LogP contribution in [-0.4, -0.2) is 30.8 Å². The normalized spacial score (nSPS) is 31.0. The topological polar surface area (TPSA) is 49.4 Å². The highest BCUT2D eigenvalue weighted by atomic mass is 16.2. The molecular formula is C24H32N2O2. The first-order chi connectivity index (χ1) is 13.3. The SMILES string of the molecule is CC(=CC(=O)NCc1ccc(C(=O)N(C)C)cc1)C12CC3CC(CC(C3)C1)C2. The van der Waals surface area contributed by atoms with Gasteiger partial charge >= 0.3 is 0 Å². The van der Waals surface area contributed by atoms with Gasteiger partial charge in [0.2, 0.25) is 5.91 Å². The number of allylic oxidation sites excluding steroid dienone is 1. The fraction of sp³-hybridized carbons (Fsp3) is 0.583. The van der Waals surface area contributed by atoms with Crippen molar-refractivity contribution < 1.29 is 9.59 Å². The minimum absolute atomic E-state index is 0.00156. The molecule has 0 atom stereocenters. The van der Waals surface area contributed by atoms with E-state index in [1.165, 1.54) is 44.1 Å². The Balaban J connectivity index is 1.36. The van der Waals surface area contributed by atoms with Gasteiger partial charge in [-0.1, -0.05) is 17.7 Å². The lowest BCUT2D eigenvalue weighted by Crippen LogP contribution is -2.46. The van der Waals surface area contributed by atoms with Crippen LogP contribution < -0.4 is 5.32 Å². The number of rotatable bonds is 5. The summed E-state index contributed by atoms with van der Waals surface area (Å²) in [6, 6.07) is 7.46. The van der Waals surface area contributed by atoms with Crippen LogP contribution >= 0.6 is 0 Å². The second-order valence-electron chi connectivity index (χ2n) is 9.64. The maximum Gasteiger partial charge on any atom is 0.253 e. The van der Waals surface area contributed by atoms with Crippen molar-refractivity contribution in [2.75, 3.05) is 14.1 Å². The number of hydrogen-bond acceptors (Lipinski definition) is 2. The van der Waals surface area contributed by atoms with Crippen molar-refractivity contribution in [3.63, 3.8) is 0 Å². The predicted molar refractivity (Wildman–Crippen MR) is 111 cm³/mol. The molecule has 5 rings (SSSR count). The van der Waals surface area contributed by atoms with Crippen molar-refractivity contribution in [3.8, 4) is 0 Å². The van der Waals surface area contributed by atoms with Gasteiger partial charge in [-0.25, -0.2) is 0 Å². The van der Waals surface area contributed by atoms with E-state index in [0.29, 0.717) is 17.5 Å². The molecular weight excluding hydrogens is 348 g/mol. The fourth-order valence-electron chi connectivity index (χ4n) is 6.21. The second-order valence-corrected chi connectivity index (χ2v) is 9.64. The first-order valence-corrected chi connectivity index (χ1v) is 10.6. The van der Waals surface area contributed by atoms with Gasteiger partial charge in [0.25, 0.3) is 5.91 Å². The number of benzene rings is 1. The summed E-state index contributed by atoms with van der Waals surface area (Å²) in [7, 11) is 3.49. The maximum atomic E-state index is 12.5. The molecule has 0 unspecified atom stereocenters. The summed E-state index contributed by atoms with van der Waals surface area (Å²) in [4.78, 5) is 26.1. The minimum atomic E-state index is -0.00952. The van der Waals surface area contributed by atoms with Gasteiger partial charge in [-0.2, -0.15) is 0 Å². The number of carbonyl (C=O) groups excluding carboxylic acids is 2. The molecule has 0 radical (unpaired) electrons. The standard InChI is InChI=1S/C24H32N2O2/c1-16(24-12-18-9-19(13-24)11-20(10-18)14-24)8-22(27)25-15-17-4-6-21(7-5-17)23(28)26(2)3/h4-8,18-20H,9-15H2,1-3H3,(H,25,27). The van der Waals surface area contributed by atoms with Crippen LogP contribution in [0.4, 0.5) is 0 Å². The van der Waals surface area contributed by atoms with E-state index in [-0.39, 0.29) is 11.8 Å². The molecule has 4 bridgehead atoms. The highest BCUT2D eigenvalue weighted by Crippen LogP contribution is 2.62. The number of nitrogens with zero attached hydrogens (tertiary/aromatic N) is 1. The Kier molecular flexibility index (Phi) is 5.07. The lowest BCUT2D eigenvalue weighted by Gasteiger charge is -2.57. The molecule has 28 heavy (non-hydrogen) atoms. The van der Waals surface area contributed by atoms with Gasteiger partial charge in [0.05, 0.1) is 0 Å². The van der Waals surface area contributed by atoms with Gasteiger partial charge < -0.3 is 10.2 Å². The highest BCUT2D eigenvalue weighted by Gasteiger charge is 2.51. The van der Waals surface area contributed by atoms with Crippen molar-refractivity contribution in [2.45, 2.75) is 52.0 Å². The molecule has 4 saturated carbocycles. The molecule has 4 aliphatic carbocycles. The average molecular weight is 381 g/mol. The Morgan fingerprint density at radius 1 is 1.04 bits per heavy atom. The molecule has 1 aromatic rings. The molecule has 150 valence electrons. The average Bonchev–Trinajstić information content (AvgIpc) is 2.65. The van der Waals surface area contributed by atoms with E-state index in [4.69, 9.17) is 0 Å². The van der Waals surface area contributed by atoms with Crippen molar-refractivity contribution in [2.24, 2.45) is 23.2 Å². The van der Waals surface area contributed by atoms with Crippen molar-refractivity contribution in [1.82, 2.24) is 10.2 Å². The quantitative estimate of drug-likeness (QED) is 0.780. The monoisotopic (exact) mass is 380 g/mol. The van der Waals surface area contributed by atoms with Crippen LogP contribution in [-0.2, 0) is 11.3 Å². The Hall–Kier alpha value is -2.10. The van der Waals surface area contributed by atoms with Gasteiger partial charge in [-0.3, -0.25) is 9.59 Å². The van der Waals surface area contributed by atoms with Crippen molar-refractivity contribution in [3.05, 3.63) is 47.0 Å². The van der Waals surface area contributed by atoms with E-state index in [9.17, 15) is 9.59 Å². The van der Waals surface area contributed by atoms with E-state index in [0.717, 1.165) is 23.3 Å². The Morgan fingerprint density at radius 2 is 1.57 bits per heavy atom.